The monoisotopic (exact) mass is 543 g/mol. The average molecular weight is 544 g/mol. The Hall–Kier alpha value is -3.41. The molecule has 8 nitrogen and oxygen atoms in total. The first-order valence-corrected chi connectivity index (χ1v) is 11.8. The zero-order valence-electron chi connectivity index (χ0n) is 19.6. The molecule has 198 valence electrons. The predicted octanol–water partition coefficient (Wildman–Crippen LogP) is 4.77. The number of hydrogen-bond donors (Lipinski definition) is 1. The number of carbonyl (C=O) groups is 2. The van der Waals surface area contributed by atoms with E-state index >= 15 is 0 Å². The first-order valence-electron chi connectivity index (χ1n) is 11.4. The van der Waals surface area contributed by atoms with Crippen LogP contribution in [0.4, 0.5) is 28.0 Å². The summed E-state index contributed by atoms with van der Waals surface area (Å²) < 4.78 is 60.3. The minimum absolute atomic E-state index is 0.0657. The molecule has 0 bridgehead atoms. The Kier molecular flexibility index (Phi) is 7.58. The van der Waals surface area contributed by atoms with E-state index in [4.69, 9.17) is 11.6 Å². The van der Waals surface area contributed by atoms with Crippen LogP contribution in [-0.4, -0.2) is 59.7 Å². The number of nitroso groups, excluding NO2 is 1. The van der Waals surface area contributed by atoms with Gasteiger partial charge in [0.1, 0.15) is 22.5 Å². The summed E-state index contributed by atoms with van der Waals surface area (Å²) in [5.41, 5.74) is -0.00147. The molecule has 37 heavy (non-hydrogen) atoms. The Labute approximate surface area is 214 Å². The number of halogens is 5. The Bertz CT molecular complexity index is 1190. The molecule has 13 heteroatoms. The smallest absolute Gasteiger partial charge is 0.414 e. The largest absolute Gasteiger partial charge is 0.453 e. The maximum absolute atomic E-state index is 14.4. The fourth-order valence-electron chi connectivity index (χ4n) is 4.55. The first-order chi connectivity index (χ1) is 17.5. The topological polar surface area (TPSA) is 82.0 Å². The highest BCUT2D eigenvalue weighted by molar-refractivity contribution is 6.31. The molecule has 0 aromatic heterocycles. The van der Waals surface area contributed by atoms with Gasteiger partial charge in [0, 0.05) is 35.5 Å². The second-order valence-corrected chi connectivity index (χ2v) is 9.36. The molecular weight excluding hydrogens is 520 g/mol. The van der Waals surface area contributed by atoms with Crippen LogP contribution >= 0.6 is 11.6 Å². The molecule has 2 aromatic rings. The third-order valence-electron chi connectivity index (χ3n) is 6.30. The summed E-state index contributed by atoms with van der Waals surface area (Å²) in [5.74, 6) is -4.53. The summed E-state index contributed by atoms with van der Waals surface area (Å²) in [6.45, 7) is -0.437. The number of rotatable bonds is 7. The number of amides is 2. The number of alkyl halides is 3. The Morgan fingerprint density at radius 1 is 1.22 bits per heavy atom. The van der Waals surface area contributed by atoms with Crippen molar-refractivity contribution in [2.75, 3.05) is 18.7 Å². The summed E-state index contributed by atoms with van der Waals surface area (Å²) in [6, 6.07) is 8.32. The summed E-state index contributed by atoms with van der Waals surface area (Å²) in [5, 5.41) is 3.41. The van der Waals surface area contributed by atoms with Gasteiger partial charge in [-0.05, 0) is 18.2 Å². The normalized spacial score (nSPS) is 21.6. The van der Waals surface area contributed by atoms with Gasteiger partial charge in [0.05, 0.1) is 25.0 Å². The zero-order valence-corrected chi connectivity index (χ0v) is 20.4. The van der Waals surface area contributed by atoms with Crippen LogP contribution in [0.25, 0.3) is 0 Å². The third kappa shape index (κ3) is 5.63. The van der Waals surface area contributed by atoms with Crippen molar-refractivity contribution in [1.29, 1.82) is 0 Å². The lowest BCUT2D eigenvalue weighted by atomic mass is 9.88. The molecule has 2 fully saturated rings. The highest BCUT2D eigenvalue weighted by Crippen LogP contribution is 2.39. The van der Waals surface area contributed by atoms with Crippen LogP contribution in [0.1, 0.15) is 30.9 Å². The number of benzene rings is 2. The SMILES string of the molecule is COC(=O)N1CC(F)CC1[N+](=O)N(c1cccc(F)c1)C(C(=O)NC1CC(F)(F)C1)c1ccccc1Cl. The van der Waals surface area contributed by atoms with Crippen LogP contribution in [0.15, 0.2) is 48.5 Å². The molecule has 3 unspecified atom stereocenters. The number of nitrogens with one attached hydrogen (secondary N) is 1. The second-order valence-electron chi connectivity index (χ2n) is 8.96. The van der Waals surface area contributed by atoms with Crippen LogP contribution in [-0.2, 0) is 9.53 Å². The second kappa shape index (κ2) is 10.5. The van der Waals surface area contributed by atoms with Gasteiger partial charge >= 0.3 is 12.3 Å². The Morgan fingerprint density at radius 3 is 2.54 bits per heavy atom. The van der Waals surface area contributed by atoms with Gasteiger partial charge in [-0.1, -0.05) is 40.9 Å². The van der Waals surface area contributed by atoms with Crippen molar-refractivity contribution in [3.8, 4) is 0 Å². The molecule has 1 N–H and O–H groups in total. The van der Waals surface area contributed by atoms with Crippen molar-refractivity contribution in [2.45, 2.75) is 49.6 Å². The van der Waals surface area contributed by atoms with Gasteiger partial charge in [-0.15, -0.1) is 0 Å². The Morgan fingerprint density at radius 2 is 1.92 bits per heavy atom. The maximum Gasteiger partial charge on any atom is 0.414 e. The standard InChI is InChI=1S/C24H23ClF4N4O4/c1-37-23(35)31-13-15(27)10-20(31)33(36)32(17-6-4-5-14(26)9-17)21(18-7-2-3-8-19(18)25)22(34)30-16-11-24(28,29)12-16/h2-9,15-16,20-21H,10-13H2,1H3/p+1. The summed E-state index contributed by atoms with van der Waals surface area (Å²) in [4.78, 5) is 40.8. The van der Waals surface area contributed by atoms with Gasteiger partial charge in [-0.25, -0.2) is 27.3 Å². The molecule has 2 aromatic carbocycles. The van der Waals surface area contributed by atoms with E-state index < -0.39 is 74.0 Å². The van der Waals surface area contributed by atoms with E-state index in [0.29, 0.717) is 0 Å². The molecule has 4 rings (SSSR count). The molecule has 1 heterocycles. The third-order valence-corrected chi connectivity index (χ3v) is 6.64. The van der Waals surface area contributed by atoms with Crippen molar-refractivity contribution in [3.63, 3.8) is 0 Å². The van der Waals surface area contributed by atoms with E-state index in [1.807, 2.05) is 0 Å². The van der Waals surface area contributed by atoms with Crippen LogP contribution < -0.4 is 10.3 Å². The molecule has 2 amide bonds. The Balaban J connectivity index is 1.80. The number of carbonyl (C=O) groups excluding carboxylic acids is 2. The van der Waals surface area contributed by atoms with Crippen molar-refractivity contribution in [1.82, 2.24) is 10.2 Å². The molecule has 1 saturated heterocycles. The van der Waals surface area contributed by atoms with E-state index in [2.05, 4.69) is 10.1 Å². The quantitative estimate of drug-likeness (QED) is 0.309. The molecule has 2 aliphatic rings. The van der Waals surface area contributed by atoms with Gasteiger partial charge in [-0.3, -0.25) is 4.79 Å². The predicted molar refractivity (Wildman–Crippen MR) is 125 cm³/mol. The van der Waals surface area contributed by atoms with E-state index in [0.717, 1.165) is 29.2 Å². The van der Waals surface area contributed by atoms with Gasteiger partial charge in [0.2, 0.25) is 0 Å². The van der Waals surface area contributed by atoms with Crippen LogP contribution in [0.3, 0.4) is 0 Å². The summed E-state index contributed by atoms with van der Waals surface area (Å²) in [7, 11) is 1.07. The molecule has 3 atom stereocenters. The van der Waals surface area contributed by atoms with Crippen LogP contribution in [0, 0.1) is 10.7 Å². The number of hydrogen-bond acceptors (Lipinski definition) is 4. The van der Waals surface area contributed by atoms with E-state index in [1.54, 1.807) is 12.1 Å². The van der Waals surface area contributed by atoms with Gasteiger partial charge < -0.3 is 10.1 Å². The number of anilines is 1. The minimum atomic E-state index is -2.92. The lowest BCUT2D eigenvalue weighted by Gasteiger charge is -2.37. The molecular formula is C24H24ClF4N4O4+. The average Bonchev–Trinajstić information content (AvgIpc) is 3.22. The summed E-state index contributed by atoms with van der Waals surface area (Å²) >= 11 is 6.38. The highest BCUT2D eigenvalue weighted by atomic mass is 35.5. The zero-order chi connectivity index (χ0) is 26.9. The van der Waals surface area contributed by atoms with Gasteiger partial charge in [0.15, 0.2) is 6.04 Å². The molecule has 0 radical (unpaired) electrons. The number of ether oxygens (including phenoxy) is 1. The maximum atomic E-state index is 14.4. The van der Waals surface area contributed by atoms with Crippen molar-refractivity contribution < 1.29 is 36.8 Å². The number of hydrazine groups is 1. The number of nitrogens with zero attached hydrogens (tertiary/aromatic N) is 3. The van der Waals surface area contributed by atoms with E-state index in [9.17, 15) is 32.1 Å². The fourth-order valence-corrected chi connectivity index (χ4v) is 4.79. The van der Waals surface area contributed by atoms with Crippen LogP contribution in [0.2, 0.25) is 5.02 Å². The summed E-state index contributed by atoms with van der Waals surface area (Å²) in [6.07, 6.45) is -5.60. The van der Waals surface area contributed by atoms with Crippen molar-refractivity contribution in [3.05, 3.63) is 69.8 Å². The van der Waals surface area contributed by atoms with E-state index in [1.165, 1.54) is 24.3 Å². The number of methoxy groups -OCH3 is 1. The molecule has 1 aliphatic heterocycles. The van der Waals surface area contributed by atoms with Gasteiger partial charge in [-0.2, -0.15) is 0 Å². The van der Waals surface area contributed by atoms with Crippen LogP contribution in [0.5, 0.6) is 0 Å². The molecule has 1 saturated carbocycles. The van der Waals surface area contributed by atoms with E-state index in [-0.39, 0.29) is 21.1 Å². The fraction of sp³-hybridized carbons (Fsp3) is 0.417. The van der Waals surface area contributed by atoms with Crippen molar-refractivity contribution >= 4 is 29.3 Å². The minimum Gasteiger partial charge on any atom is -0.453 e. The van der Waals surface area contributed by atoms with Crippen molar-refractivity contribution in [2.24, 2.45) is 0 Å². The highest BCUT2D eigenvalue weighted by Gasteiger charge is 2.53. The molecule has 1 aliphatic carbocycles. The number of likely N-dealkylation sites (tertiary alicyclic amines) is 1. The lowest BCUT2D eigenvalue weighted by Crippen LogP contribution is -2.56. The molecule has 0 spiro atoms. The lowest BCUT2D eigenvalue weighted by molar-refractivity contribution is -0.617. The first kappa shape index (κ1) is 26.6. The van der Waals surface area contributed by atoms with Gasteiger partial charge in [0.25, 0.3) is 11.8 Å².